The highest BCUT2D eigenvalue weighted by atomic mass is 79.9. The van der Waals surface area contributed by atoms with Gasteiger partial charge in [-0.05, 0) is 47.5 Å². The predicted molar refractivity (Wildman–Crippen MR) is 73.2 cm³/mol. The smallest absolute Gasteiger partial charge is 0.127 e. The van der Waals surface area contributed by atoms with Gasteiger partial charge in [-0.2, -0.15) is 0 Å². The van der Waals surface area contributed by atoms with Crippen LogP contribution in [0.15, 0.2) is 4.60 Å². The molecule has 1 fully saturated rings. The molecule has 1 aliphatic heterocycles. The van der Waals surface area contributed by atoms with Crippen LogP contribution in [0.3, 0.4) is 0 Å². The highest BCUT2D eigenvalue weighted by Gasteiger charge is 2.27. The van der Waals surface area contributed by atoms with Gasteiger partial charge in [0.25, 0.3) is 0 Å². The number of imidazole rings is 1. The summed E-state index contributed by atoms with van der Waals surface area (Å²) in [5.41, 5.74) is 1.45. The molecule has 3 rings (SSSR count). The highest BCUT2D eigenvalue weighted by Crippen LogP contribution is 2.36. The Morgan fingerprint density at radius 1 is 1.18 bits per heavy atom. The first-order valence-corrected chi connectivity index (χ1v) is 7.80. The van der Waals surface area contributed by atoms with Gasteiger partial charge in [0.05, 0.1) is 5.69 Å². The lowest BCUT2D eigenvalue weighted by molar-refractivity contribution is 0.360. The Morgan fingerprint density at radius 2 is 1.94 bits per heavy atom. The standard InChI is InChI=1S/C14H21BrN2/c1-10-7-8-12-13(15)16-14(17(12)9-10)11-5-3-2-4-6-11/h10-11H,2-9H2,1H3. The molecule has 1 atom stereocenters. The third-order valence-electron chi connectivity index (χ3n) is 4.39. The van der Waals surface area contributed by atoms with E-state index in [-0.39, 0.29) is 0 Å². The largest absolute Gasteiger partial charge is 0.330 e. The molecule has 2 heterocycles. The number of hydrogen-bond donors (Lipinski definition) is 0. The molecule has 3 heteroatoms. The van der Waals surface area contributed by atoms with Crippen molar-refractivity contribution in [3.63, 3.8) is 0 Å². The van der Waals surface area contributed by atoms with Crippen LogP contribution in [-0.2, 0) is 13.0 Å². The molecule has 1 unspecified atom stereocenters. The van der Waals surface area contributed by atoms with E-state index in [0.717, 1.165) is 16.4 Å². The summed E-state index contributed by atoms with van der Waals surface area (Å²) in [5.74, 6) is 2.91. The molecule has 2 aliphatic rings. The summed E-state index contributed by atoms with van der Waals surface area (Å²) in [7, 11) is 0. The summed E-state index contributed by atoms with van der Waals surface area (Å²) in [6, 6.07) is 0. The van der Waals surface area contributed by atoms with Crippen LogP contribution in [0.2, 0.25) is 0 Å². The first kappa shape index (κ1) is 11.8. The Hall–Kier alpha value is -0.310. The second-order valence-electron chi connectivity index (χ2n) is 5.80. The van der Waals surface area contributed by atoms with Crippen molar-refractivity contribution >= 4 is 15.9 Å². The fourth-order valence-electron chi connectivity index (χ4n) is 3.38. The summed E-state index contributed by atoms with van der Waals surface area (Å²) in [6.07, 6.45) is 9.39. The maximum absolute atomic E-state index is 4.83. The normalized spacial score (nSPS) is 25.9. The summed E-state index contributed by atoms with van der Waals surface area (Å²) < 4.78 is 3.64. The van der Waals surface area contributed by atoms with Crippen LogP contribution in [0.1, 0.15) is 62.9 Å². The van der Waals surface area contributed by atoms with E-state index < -0.39 is 0 Å². The Morgan fingerprint density at radius 3 is 2.71 bits per heavy atom. The SMILES string of the molecule is CC1CCc2c(Br)nc(C3CCCCC3)n2C1. The second-order valence-corrected chi connectivity index (χ2v) is 6.55. The van der Waals surface area contributed by atoms with Crippen LogP contribution in [0.5, 0.6) is 0 Å². The van der Waals surface area contributed by atoms with Crippen LogP contribution in [0.4, 0.5) is 0 Å². The fraction of sp³-hybridized carbons (Fsp3) is 0.786. The molecule has 94 valence electrons. The van der Waals surface area contributed by atoms with Gasteiger partial charge in [-0.15, -0.1) is 0 Å². The van der Waals surface area contributed by atoms with Crippen LogP contribution in [0.25, 0.3) is 0 Å². The van der Waals surface area contributed by atoms with Crippen molar-refractivity contribution in [2.75, 3.05) is 0 Å². The third-order valence-corrected chi connectivity index (χ3v) is 5.03. The lowest BCUT2D eigenvalue weighted by Crippen LogP contribution is -2.21. The van der Waals surface area contributed by atoms with E-state index in [1.165, 1.54) is 63.0 Å². The van der Waals surface area contributed by atoms with Gasteiger partial charge in [0.15, 0.2) is 0 Å². The van der Waals surface area contributed by atoms with E-state index in [1.807, 2.05) is 0 Å². The molecular weight excluding hydrogens is 276 g/mol. The monoisotopic (exact) mass is 296 g/mol. The average Bonchev–Trinajstić information content (AvgIpc) is 2.67. The van der Waals surface area contributed by atoms with Crippen molar-refractivity contribution in [3.8, 4) is 0 Å². The molecule has 0 aromatic carbocycles. The Labute approximate surface area is 112 Å². The van der Waals surface area contributed by atoms with Crippen LogP contribution in [-0.4, -0.2) is 9.55 Å². The maximum Gasteiger partial charge on any atom is 0.127 e. The van der Waals surface area contributed by atoms with E-state index in [0.29, 0.717) is 0 Å². The van der Waals surface area contributed by atoms with Gasteiger partial charge >= 0.3 is 0 Å². The molecule has 1 aromatic rings. The van der Waals surface area contributed by atoms with E-state index in [1.54, 1.807) is 0 Å². The molecule has 1 saturated carbocycles. The van der Waals surface area contributed by atoms with E-state index in [4.69, 9.17) is 4.98 Å². The predicted octanol–water partition coefficient (Wildman–Crippen LogP) is 4.28. The molecule has 1 aliphatic carbocycles. The second kappa shape index (κ2) is 4.75. The Balaban J connectivity index is 1.93. The summed E-state index contributed by atoms with van der Waals surface area (Å²) >= 11 is 3.66. The Bertz CT molecular complexity index is 405. The van der Waals surface area contributed by atoms with Crippen molar-refractivity contribution in [1.82, 2.24) is 9.55 Å². The quantitative estimate of drug-likeness (QED) is 0.756. The van der Waals surface area contributed by atoms with Crippen LogP contribution in [0, 0.1) is 5.92 Å². The topological polar surface area (TPSA) is 17.8 Å². The number of nitrogens with zero attached hydrogens (tertiary/aromatic N) is 2. The molecule has 0 N–H and O–H groups in total. The molecule has 17 heavy (non-hydrogen) atoms. The number of halogens is 1. The van der Waals surface area contributed by atoms with Gasteiger partial charge in [-0.25, -0.2) is 4.98 Å². The third kappa shape index (κ3) is 2.18. The highest BCUT2D eigenvalue weighted by molar-refractivity contribution is 9.10. The number of fused-ring (bicyclic) bond motifs is 1. The van der Waals surface area contributed by atoms with E-state index >= 15 is 0 Å². The molecular formula is C14H21BrN2. The van der Waals surface area contributed by atoms with Crippen molar-refractivity contribution in [2.45, 2.75) is 64.3 Å². The van der Waals surface area contributed by atoms with Gasteiger partial charge in [-0.1, -0.05) is 26.2 Å². The summed E-state index contributed by atoms with van der Waals surface area (Å²) in [6.45, 7) is 3.54. The summed E-state index contributed by atoms with van der Waals surface area (Å²) in [4.78, 5) is 4.83. The summed E-state index contributed by atoms with van der Waals surface area (Å²) in [5, 5.41) is 0. The first-order valence-electron chi connectivity index (χ1n) is 7.00. The van der Waals surface area contributed by atoms with Crippen LogP contribution < -0.4 is 0 Å². The molecule has 0 saturated heterocycles. The molecule has 0 bridgehead atoms. The average molecular weight is 297 g/mol. The van der Waals surface area contributed by atoms with Crippen molar-refractivity contribution in [1.29, 1.82) is 0 Å². The van der Waals surface area contributed by atoms with E-state index in [9.17, 15) is 0 Å². The molecule has 0 radical (unpaired) electrons. The Kier molecular flexibility index (Phi) is 3.29. The maximum atomic E-state index is 4.83. The van der Waals surface area contributed by atoms with Gasteiger partial charge in [0.1, 0.15) is 10.4 Å². The minimum absolute atomic E-state index is 0.721. The zero-order valence-corrected chi connectivity index (χ0v) is 12.2. The van der Waals surface area contributed by atoms with Gasteiger partial charge in [-0.3, -0.25) is 0 Å². The molecule has 0 spiro atoms. The van der Waals surface area contributed by atoms with Crippen LogP contribution >= 0.6 is 15.9 Å². The number of hydrogen-bond acceptors (Lipinski definition) is 1. The van der Waals surface area contributed by atoms with Crippen molar-refractivity contribution < 1.29 is 0 Å². The van der Waals surface area contributed by atoms with Gasteiger partial charge < -0.3 is 4.57 Å². The molecule has 0 amide bonds. The van der Waals surface area contributed by atoms with Gasteiger partial charge in [0.2, 0.25) is 0 Å². The fourth-order valence-corrected chi connectivity index (χ4v) is 3.97. The first-order chi connectivity index (χ1) is 8.25. The minimum atomic E-state index is 0.721. The lowest BCUT2D eigenvalue weighted by Gasteiger charge is -2.27. The zero-order valence-electron chi connectivity index (χ0n) is 10.6. The lowest BCUT2D eigenvalue weighted by atomic mass is 9.88. The van der Waals surface area contributed by atoms with Crippen molar-refractivity contribution in [2.24, 2.45) is 5.92 Å². The number of rotatable bonds is 1. The zero-order chi connectivity index (χ0) is 11.8. The molecule has 2 nitrogen and oxygen atoms in total. The van der Waals surface area contributed by atoms with Gasteiger partial charge in [0, 0.05) is 12.5 Å². The number of aromatic nitrogens is 2. The van der Waals surface area contributed by atoms with E-state index in [2.05, 4.69) is 27.4 Å². The minimum Gasteiger partial charge on any atom is -0.330 e. The van der Waals surface area contributed by atoms with Crippen molar-refractivity contribution in [3.05, 3.63) is 16.1 Å². The molecule has 1 aromatic heterocycles.